The number of carbonyl (C=O) groups excluding carboxylic acids is 2. The van der Waals surface area contributed by atoms with E-state index in [-0.39, 0.29) is 34.4 Å². The van der Waals surface area contributed by atoms with Crippen molar-refractivity contribution in [1.82, 2.24) is 15.4 Å². The summed E-state index contributed by atoms with van der Waals surface area (Å²) in [5.41, 5.74) is 0.475. The molecular weight excluding hydrogens is 416 g/mol. The van der Waals surface area contributed by atoms with Crippen LogP contribution >= 0.6 is 0 Å². The van der Waals surface area contributed by atoms with Gasteiger partial charge in [-0.3, -0.25) is 19.3 Å². The maximum absolute atomic E-state index is 12.8. The van der Waals surface area contributed by atoms with Gasteiger partial charge in [0.15, 0.2) is 0 Å². The van der Waals surface area contributed by atoms with Crippen LogP contribution in [0.4, 0.5) is 0 Å². The van der Waals surface area contributed by atoms with Crippen LogP contribution in [0.5, 0.6) is 0 Å². The summed E-state index contributed by atoms with van der Waals surface area (Å²) in [5.74, 6) is -0.0237. The van der Waals surface area contributed by atoms with E-state index in [1.165, 1.54) is 12.5 Å². The van der Waals surface area contributed by atoms with Crippen LogP contribution in [-0.2, 0) is 19.6 Å². The Morgan fingerprint density at radius 2 is 1.81 bits per heavy atom. The smallest absolute Gasteiger partial charge is 0.263 e. The van der Waals surface area contributed by atoms with Crippen molar-refractivity contribution >= 4 is 27.7 Å². The van der Waals surface area contributed by atoms with Crippen LogP contribution in [0.3, 0.4) is 0 Å². The number of aliphatic imine (C=N–C) groups is 1. The zero-order valence-corrected chi connectivity index (χ0v) is 19.0. The lowest BCUT2D eigenvalue weighted by Gasteiger charge is -2.21. The molecule has 1 saturated carbocycles. The van der Waals surface area contributed by atoms with Gasteiger partial charge >= 0.3 is 0 Å². The van der Waals surface area contributed by atoms with Crippen molar-refractivity contribution in [2.45, 2.75) is 63.3 Å². The number of nitrogens with one attached hydrogen (secondary N) is 3. The Labute approximate surface area is 184 Å². The van der Waals surface area contributed by atoms with Gasteiger partial charge in [0.25, 0.3) is 10.0 Å². The Balaban J connectivity index is 1.61. The zero-order chi connectivity index (χ0) is 22.4. The third-order valence-corrected chi connectivity index (χ3v) is 7.48. The number of rotatable bonds is 8. The van der Waals surface area contributed by atoms with Gasteiger partial charge in [0, 0.05) is 24.6 Å². The van der Waals surface area contributed by atoms with E-state index in [1.54, 1.807) is 18.2 Å². The van der Waals surface area contributed by atoms with Gasteiger partial charge in [-0.25, -0.2) is 8.42 Å². The maximum atomic E-state index is 12.8. The topological polar surface area (TPSA) is 117 Å². The Morgan fingerprint density at radius 3 is 2.52 bits per heavy atom. The average molecular weight is 449 g/mol. The van der Waals surface area contributed by atoms with Gasteiger partial charge in [-0.15, -0.1) is 0 Å². The minimum absolute atomic E-state index is 0.0598. The van der Waals surface area contributed by atoms with Gasteiger partial charge in [-0.1, -0.05) is 51.7 Å². The van der Waals surface area contributed by atoms with Gasteiger partial charge in [0.1, 0.15) is 11.9 Å². The highest BCUT2D eigenvalue weighted by Crippen LogP contribution is 2.24. The summed E-state index contributed by atoms with van der Waals surface area (Å²) in [7, 11) is -3.66. The molecule has 0 radical (unpaired) electrons. The number of carbonyl (C=O) groups is 2. The summed E-state index contributed by atoms with van der Waals surface area (Å²) in [5, 5.41) is 5.74. The standard InChI is InChI=1S/C22H32N4O4S/c1-3-15(2)19(25-20-17-11-7-8-12-18(17)31(29,30)26-20)22(28)24-14-13-23-21(27)16-9-5-4-6-10-16/h7-8,11-12,15-16,19H,3-6,9-10,13-14H2,1-2H3,(H,23,27)(H,24,28)(H,25,26)/t15-,19-/m0/s1. The fraction of sp³-hybridized carbons (Fsp3) is 0.591. The van der Waals surface area contributed by atoms with Crippen LogP contribution in [0.15, 0.2) is 34.2 Å². The normalized spacial score (nSPS) is 21.0. The summed E-state index contributed by atoms with van der Waals surface area (Å²) >= 11 is 0. The fourth-order valence-electron chi connectivity index (χ4n) is 4.02. The molecule has 1 aliphatic carbocycles. The molecule has 0 saturated heterocycles. The fourth-order valence-corrected chi connectivity index (χ4v) is 5.26. The van der Waals surface area contributed by atoms with E-state index in [4.69, 9.17) is 0 Å². The molecule has 0 unspecified atom stereocenters. The van der Waals surface area contributed by atoms with E-state index in [1.807, 2.05) is 13.8 Å². The molecule has 1 aliphatic heterocycles. The third-order valence-electron chi connectivity index (χ3n) is 6.08. The first-order valence-electron chi connectivity index (χ1n) is 11.1. The number of amides is 2. The number of benzene rings is 1. The SMILES string of the molecule is CC[C@H](C)[C@H](N=C1NS(=O)(=O)c2ccccc21)C(=O)NCCNC(=O)C1CCCCC1. The number of hydrogen-bond acceptors (Lipinski definition) is 5. The van der Waals surface area contributed by atoms with E-state index in [0.29, 0.717) is 25.1 Å². The number of fused-ring (bicyclic) bond motifs is 1. The molecule has 9 heteroatoms. The Morgan fingerprint density at radius 1 is 1.13 bits per heavy atom. The summed E-state index contributed by atoms with van der Waals surface area (Å²) in [4.78, 5) is 29.7. The molecule has 2 aliphatic rings. The van der Waals surface area contributed by atoms with Crippen LogP contribution in [0.25, 0.3) is 0 Å². The second-order valence-corrected chi connectivity index (χ2v) is 9.98. The van der Waals surface area contributed by atoms with Crippen LogP contribution < -0.4 is 15.4 Å². The van der Waals surface area contributed by atoms with Crippen molar-refractivity contribution < 1.29 is 18.0 Å². The monoisotopic (exact) mass is 448 g/mol. The van der Waals surface area contributed by atoms with Gasteiger partial charge < -0.3 is 10.6 Å². The van der Waals surface area contributed by atoms with Crippen molar-refractivity contribution in [2.24, 2.45) is 16.8 Å². The molecule has 2 amide bonds. The number of nitrogens with zero attached hydrogens (tertiary/aromatic N) is 1. The highest BCUT2D eigenvalue weighted by Gasteiger charge is 2.33. The third kappa shape index (κ3) is 5.64. The molecular formula is C22H32N4O4S. The lowest BCUT2D eigenvalue weighted by Crippen LogP contribution is -2.43. The first kappa shape index (κ1) is 23.2. The lowest BCUT2D eigenvalue weighted by atomic mass is 9.89. The predicted octanol–water partition coefficient (Wildman–Crippen LogP) is 1.95. The predicted molar refractivity (Wildman–Crippen MR) is 119 cm³/mol. The van der Waals surface area contributed by atoms with Crippen molar-refractivity contribution in [2.75, 3.05) is 13.1 Å². The Kier molecular flexibility index (Phi) is 7.69. The van der Waals surface area contributed by atoms with Crippen LogP contribution in [0.1, 0.15) is 57.9 Å². The quantitative estimate of drug-likeness (QED) is 0.527. The first-order chi connectivity index (χ1) is 14.8. The zero-order valence-electron chi connectivity index (χ0n) is 18.2. The van der Waals surface area contributed by atoms with Crippen LogP contribution in [0.2, 0.25) is 0 Å². The molecule has 3 rings (SSSR count). The molecule has 170 valence electrons. The van der Waals surface area contributed by atoms with Gasteiger partial charge in [0.2, 0.25) is 11.8 Å². The lowest BCUT2D eigenvalue weighted by molar-refractivity contribution is -0.126. The Hall–Kier alpha value is -2.42. The average Bonchev–Trinajstić information content (AvgIpc) is 3.05. The van der Waals surface area contributed by atoms with Gasteiger partial charge in [-0.05, 0) is 30.9 Å². The summed E-state index contributed by atoms with van der Waals surface area (Å²) < 4.78 is 27.1. The second-order valence-electron chi connectivity index (χ2n) is 8.33. The Bertz CT molecular complexity index is 939. The van der Waals surface area contributed by atoms with Crippen molar-refractivity contribution in [3.8, 4) is 0 Å². The van der Waals surface area contributed by atoms with E-state index in [2.05, 4.69) is 20.3 Å². The van der Waals surface area contributed by atoms with E-state index in [0.717, 1.165) is 25.7 Å². The van der Waals surface area contributed by atoms with Crippen molar-refractivity contribution in [3.05, 3.63) is 29.8 Å². The van der Waals surface area contributed by atoms with Gasteiger partial charge in [-0.2, -0.15) is 0 Å². The summed E-state index contributed by atoms with van der Waals surface area (Å²) in [6.45, 7) is 4.54. The number of sulfonamides is 1. The first-order valence-corrected chi connectivity index (χ1v) is 12.6. The van der Waals surface area contributed by atoms with Crippen molar-refractivity contribution in [3.63, 3.8) is 0 Å². The minimum Gasteiger partial charge on any atom is -0.354 e. The highest BCUT2D eigenvalue weighted by molar-refractivity contribution is 7.90. The molecule has 31 heavy (non-hydrogen) atoms. The molecule has 0 aromatic heterocycles. The van der Waals surface area contributed by atoms with E-state index < -0.39 is 16.1 Å². The molecule has 1 heterocycles. The summed E-state index contributed by atoms with van der Waals surface area (Å²) in [6, 6.07) is 5.86. The second kappa shape index (κ2) is 10.3. The van der Waals surface area contributed by atoms with Crippen LogP contribution in [0, 0.1) is 11.8 Å². The van der Waals surface area contributed by atoms with Crippen molar-refractivity contribution in [1.29, 1.82) is 0 Å². The number of hydrogen-bond donors (Lipinski definition) is 3. The maximum Gasteiger partial charge on any atom is 0.263 e. The largest absolute Gasteiger partial charge is 0.354 e. The van der Waals surface area contributed by atoms with Crippen LogP contribution in [-0.4, -0.2) is 45.2 Å². The molecule has 1 aromatic carbocycles. The molecule has 0 bridgehead atoms. The molecule has 8 nitrogen and oxygen atoms in total. The molecule has 1 aromatic rings. The summed E-state index contributed by atoms with van der Waals surface area (Å²) in [6.07, 6.45) is 5.96. The molecule has 1 fully saturated rings. The molecule has 2 atom stereocenters. The highest BCUT2D eigenvalue weighted by atomic mass is 32.2. The van der Waals surface area contributed by atoms with E-state index >= 15 is 0 Å². The molecule has 3 N–H and O–H groups in total. The minimum atomic E-state index is -3.66. The van der Waals surface area contributed by atoms with Gasteiger partial charge in [0.05, 0.1) is 4.90 Å². The van der Waals surface area contributed by atoms with E-state index in [9.17, 15) is 18.0 Å². The molecule has 0 spiro atoms. The number of amidine groups is 1.